The largest absolute Gasteiger partial charge is 0.309 e. The number of para-hydroxylation sites is 2. The van der Waals surface area contributed by atoms with Crippen molar-refractivity contribution in [3.63, 3.8) is 0 Å². The van der Waals surface area contributed by atoms with Crippen molar-refractivity contribution < 1.29 is 0 Å². The van der Waals surface area contributed by atoms with Crippen molar-refractivity contribution in [3.8, 4) is 16.9 Å². The van der Waals surface area contributed by atoms with Crippen molar-refractivity contribution in [1.82, 2.24) is 4.57 Å². The van der Waals surface area contributed by atoms with Crippen LogP contribution in [-0.4, -0.2) is 4.57 Å². The molecular formula is C24H23N. The molecule has 0 aliphatic rings. The van der Waals surface area contributed by atoms with E-state index >= 15 is 0 Å². The molecule has 0 atom stereocenters. The van der Waals surface area contributed by atoms with Gasteiger partial charge in [0.05, 0.1) is 11.2 Å². The zero-order valence-electron chi connectivity index (χ0n) is 15.0. The molecule has 0 N–H and O–H groups in total. The van der Waals surface area contributed by atoms with Crippen LogP contribution in [0.4, 0.5) is 0 Å². The van der Waals surface area contributed by atoms with Crippen LogP contribution in [0.1, 0.15) is 26.3 Å². The van der Waals surface area contributed by atoms with Gasteiger partial charge in [-0.05, 0) is 34.7 Å². The lowest BCUT2D eigenvalue weighted by atomic mass is 9.83. The van der Waals surface area contributed by atoms with E-state index in [0.29, 0.717) is 0 Å². The molecule has 25 heavy (non-hydrogen) atoms. The first-order valence-corrected chi connectivity index (χ1v) is 8.82. The average Bonchev–Trinajstić information content (AvgIpc) is 2.98. The first-order chi connectivity index (χ1) is 12.1. The second-order valence-electron chi connectivity index (χ2n) is 7.53. The number of nitrogens with zero attached hydrogens (tertiary/aromatic N) is 1. The van der Waals surface area contributed by atoms with Gasteiger partial charge < -0.3 is 4.57 Å². The highest BCUT2D eigenvalue weighted by Gasteiger charge is 2.27. The maximum Gasteiger partial charge on any atom is 0.0578 e. The maximum atomic E-state index is 2.41. The van der Waals surface area contributed by atoms with Gasteiger partial charge in [0, 0.05) is 11.1 Å². The van der Waals surface area contributed by atoms with Crippen LogP contribution in [0.2, 0.25) is 0 Å². The fourth-order valence-corrected chi connectivity index (χ4v) is 3.71. The summed E-state index contributed by atoms with van der Waals surface area (Å²) in [7, 11) is 0. The molecule has 0 saturated heterocycles. The van der Waals surface area contributed by atoms with Gasteiger partial charge in [-0.25, -0.2) is 0 Å². The fraction of sp³-hybridized carbons (Fsp3) is 0.167. The van der Waals surface area contributed by atoms with Crippen LogP contribution in [0, 0.1) is 0 Å². The first kappa shape index (κ1) is 15.7. The third-order valence-corrected chi connectivity index (χ3v) is 4.69. The van der Waals surface area contributed by atoms with Gasteiger partial charge in [-0.2, -0.15) is 0 Å². The molecule has 0 saturated carbocycles. The average molecular weight is 325 g/mol. The minimum Gasteiger partial charge on any atom is -0.309 e. The van der Waals surface area contributed by atoms with Crippen LogP contribution >= 0.6 is 0 Å². The van der Waals surface area contributed by atoms with E-state index in [4.69, 9.17) is 0 Å². The molecule has 0 aliphatic carbocycles. The van der Waals surface area contributed by atoms with Crippen LogP contribution < -0.4 is 0 Å². The fourth-order valence-electron chi connectivity index (χ4n) is 3.71. The first-order valence-electron chi connectivity index (χ1n) is 8.82. The molecule has 0 amide bonds. The lowest BCUT2D eigenvalue weighted by molar-refractivity contribution is 0.596. The third kappa shape index (κ3) is 2.66. The summed E-state index contributed by atoms with van der Waals surface area (Å²) in [4.78, 5) is 0. The monoisotopic (exact) mass is 325 g/mol. The van der Waals surface area contributed by atoms with Crippen molar-refractivity contribution in [1.29, 1.82) is 0 Å². The molecule has 0 aliphatic heterocycles. The number of rotatable bonds is 2. The van der Waals surface area contributed by atoms with E-state index in [2.05, 4.69) is 110 Å². The van der Waals surface area contributed by atoms with Gasteiger partial charge in [0.1, 0.15) is 0 Å². The molecule has 1 heterocycles. The van der Waals surface area contributed by atoms with E-state index in [1.54, 1.807) is 0 Å². The van der Waals surface area contributed by atoms with Gasteiger partial charge in [0.25, 0.3) is 0 Å². The van der Waals surface area contributed by atoms with E-state index in [9.17, 15) is 0 Å². The summed E-state index contributed by atoms with van der Waals surface area (Å²) in [6.45, 7) is 6.91. The number of hydrogen-bond acceptors (Lipinski definition) is 0. The summed E-state index contributed by atoms with van der Waals surface area (Å²) in [5, 5.41) is 1.33. The predicted octanol–water partition coefficient (Wildman–Crippen LogP) is 6.60. The van der Waals surface area contributed by atoms with E-state index in [0.717, 1.165) is 0 Å². The minimum atomic E-state index is 0.0464. The normalized spacial score (nSPS) is 11.8. The smallest absolute Gasteiger partial charge is 0.0578 e. The van der Waals surface area contributed by atoms with E-state index in [-0.39, 0.29) is 5.41 Å². The Morgan fingerprint density at radius 1 is 0.640 bits per heavy atom. The maximum absolute atomic E-state index is 2.41. The molecule has 0 spiro atoms. The van der Waals surface area contributed by atoms with E-state index < -0.39 is 0 Å². The lowest BCUT2D eigenvalue weighted by Crippen LogP contribution is -2.13. The number of hydrogen-bond donors (Lipinski definition) is 0. The molecule has 0 unspecified atom stereocenters. The van der Waals surface area contributed by atoms with Gasteiger partial charge in [0.15, 0.2) is 0 Å². The summed E-state index contributed by atoms with van der Waals surface area (Å²) in [5.41, 5.74) is 6.46. The van der Waals surface area contributed by atoms with Gasteiger partial charge in [-0.1, -0.05) is 87.5 Å². The third-order valence-electron chi connectivity index (χ3n) is 4.69. The molecule has 3 aromatic carbocycles. The van der Waals surface area contributed by atoms with Gasteiger partial charge in [0.2, 0.25) is 0 Å². The van der Waals surface area contributed by atoms with Crippen LogP contribution in [-0.2, 0) is 5.41 Å². The van der Waals surface area contributed by atoms with Crippen LogP contribution in [0.5, 0.6) is 0 Å². The highest BCUT2D eigenvalue weighted by atomic mass is 15.0. The second-order valence-corrected chi connectivity index (χ2v) is 7.53. The van der Waals surface area contributed by atoms with E-state index in [1.807, 2.05) is 0 Å². The SMILES string of the molecule is CC(C)(C)c1c(-c2ccccc2)n(-c2ccccc2)c2ccccc12. The quantitative estimate of drug-likeness (QED) is 0.391. The Kier molecular flexibility index (Phi) is 3.73. The predicted molar refractivity (Wildman–Crippen MR) is 107 cm³/mol. The van der Waals surface area contributed by atoms with Crippen LogP contribution in [0.15, 0.2) is 84.9 Å². The molecule has 1 aromatic heterocycles. The zero-order valence-corrected chi connectivity index (χ0v) is 15.0. The van der Waals surface area contributed by atoms with Crippen molar-refractivity contribution in [2.75, 3.05) is 0 Å². The molecule has 4 rings (SSSR count). The Bertz CT molecular complexity index is 1000. The zero-order chi connectivity index (χ0) is 17.4. The molecule has 0 fully saturated rings. The number of fused-ring (bicyclic) bond motifs is 1. The standard InChI is InChI=1S/C24H23N/c1-24(2,3)22-20-16-10-11-17-21(20)25(19-14-8-5-9-15-19)23(22)18-12-6-4-7-13-18/h4-17H,1-3H3. The summed E-state index contributed by atoms with van der Waals surface area (Å²) < 4.78 is 2.41. The molecular weight excluding hydrogens is 302 g/mol. The molecule has 4 aromatic rings. The van der Waals surface area contributed by atoms with Crippen molar-refractivity contribution in [3.05, 3.63) is 90.5 Å². The Morgan fingerprint density at radius 3 is 1.84 bits per heavy atom. The molecule has 0 radical (unpaired) electrons. The lowest BCUT2D eigenvalue weighted by Gasteiger charge is -2.22. The topological polar surface area (TPSA) is 4.93 Å². The van der Waals surface area contributed by atoms with Gasteiger partial charge in [-0.3, -0.25) is 0 Å². The summed E-state index contributed by atoms with van der Waals surface area (Å²) in [6.07, 6.45) is 0. The van der Waals surface area contributed by atoms with E-state index in [1.165, 1.54) is 33.4 Å². The molecule has 1 heteroatoms. The molecule has 124 valence electrons. The summed E-state index contributed by atoms with van der Waals surface area (Å²) >= 11 is 0. The Labute approximate surface area is 149 Å². The Balaban J connectivity index is 2.20. The van der Waals surface area contributed by atoms with Gasteiger partial charge in [-0.15, -0.1) is 0 Å². The molecule has 1 nitrogen and oxygen atoms in total. The summed E-state index contributed by atoms with van der Waals surface area (Å²) in [6, 6.07) is 30.1. The minimum absolute atomic E-state index is 0.0464. The number of aromatic nitrogens is 1. The van der Waals surface area contributed by atoms with Crippen molar-refractivity contribution >= 4 is 10.9 Å². The van der Waals surface area contributed by atoms with Gasteiger partial charge >= 0.3 is 0 Å². The highest BCUT2D eigenvalue weighted by Crippen LogP contribution is 2.42. The molecule has 0 bridgehead atoms. The Morgan fingerprint density at radius 2 is 1.20 bits per heavy atom. The second kappa shape index (κ2) is 5.93. The van der Waals surface area contributed by atoms with Crippen LogP contribution in [0.25, 0.3) is 27.8 Å². The highest BCUT2D eigenvalue weighted by molar-refractivity contribution is 5.94. The summed E-state index contributed by atoms with van der Waals surface area (Å²) in [5.74, 6) is 0. The van der Waals surface area contributed by atoms with Crippen LogP contribution in [0.3, 0.4) is 0 Å². The van der Waals surface area contributed by atoms with Crippen molar-refractivity contribution in [2.45, 2.75) is 26.2 Å². The van der Waals surface area contributed by atoms with Crippen molar-refractivity contribution in [2.24, 2.45) is 0 Å². The Hall–Kier alpha value is -2.80. The number of benzene rings is 3.